The monoisotopic (exact) mass is 334 g/mol. The Morgan fingerprint density at radius 2 is 1.86 bits per heavy atom. The molecule has 2 amide bonds. The first kappa shape index (κ1) is 16.4. The van der Waals surface area contributed by atoms with E-state index in [1.54, 1.807) is 24.3 Å². The normalized spacial score (nSPS) is 10.1. The van der Waals surface area contributed by atoms with Crippen LogP contribution in [-0.2, 0) is 9.59 Å². The van der Waals surface area contributed by atoms with Crippen molar-refractivity contribution in [2.45, 2.75) is 11.8 Å². The topological polar surface area (TPSA) is 58.2 Å². The minimum atomic E-state index is -0.136. The molecule has 114 valence electrons. The van der Waals surface area contributed by atoms with Crippen LogP contribution in [0.4, 0.5) is 11.4 Å². The zero-order valence-electron chi connectivity index (χ0n) is 11.9. The molecule has 0 spiro atoms. The van der Waals surface area contributed by atoms with E-state index in [0.717, 1.165) is 4.90 Å². The van der Waals surface area contributed by atoms with E-state index in [9.17, 15) is 9.59 Å². The number of para-hydroxylation sites is 1. The van der Waals surface area contributed by atoms with Gasteiger partial charge in [-0.25, -0.2) is 0 Å². The number of halogens is 1. The Bertz CT molecular complexity index is 691. The van der Waals surface area contributed by atoms with E-state index in [2.05, 4.69) is 10.6 Å². The van der Waals surface area contributed by atoms with E-state index in [-0.39, 0.29) is 17.6 Å². The molecule has 0 saturated heterocycles. The Morgan fingerprint density at radius 1 is 1.09 bits per heavy atom. The first-order chi connectivity index (χ1) is 10.5. The summed E-state index contributed by atoms with van der Waals surface area (Å²) in [5.41, 5.74) is 1.31. The molecule has 0 aromatic heterocycles. The third-order valence-corrected chi connectivity index (χ3v) is 4.00. The maximum absolute atomic E-state index is 11.9. The van der Waals surface area contributed by atoms with Gasteiger partial charge in [0.2, 0.25) is 11.8 Å². The largest absolute Gasteiger partial charge is 0.326 e. The van der Waals surface area contributed by atoms with E-state index in [1.807, 2.05) is 24.3 Å². The Kier molecular flexibility index (Phi) is 5.86. The van der Waals surface area contributed by atoms with Crippen molar-refractivity contribution in [3.8, 4) is 0 Å². The van der Waals surface area contributed by atoms with Crippen molar-refractivity contribution < 1.29 is 9.59 Å². The minimum Gasteiger partial charge on any atom is -0.326 e. The summed E-state index contributed by atoms with van der Waals surface area (Å²) in [6.07, 6.45) is 0. The molecule has 22 heavy (non-hydrogen) atoms. The van der Waals surface area contributed by atoms with Gasteiger partial charge in [-0.05, 0) is 30.3 Å². The number of carbonyl (C=O) groups is 2. The molecular weight excluding hydrogens is 320 g/mol. The molecule has 2 aromatic rings. The molecular formula is C16H15ClN2O2S. The molecule has 0 heterocycles. The Labute approximate surface area is 138 Å². The van der Waals surface area contributed by atoms with E-state index < -0.39 is 0 Å². The smallest absolute Gasteiger partial charge is 0.234 e. The number of hydrogen-bond donors (Lipinski definition) is 2. The molecule has 0 fully saturated rings. The summed E-state index contributed by atoms with van der Waals surface area (Å²) in [4.78, 5) is 23.9. The van der Waals surface area contributed by atoms with Gasteiger partial charge < -0.3 is 10.6 Å². The summed E-state index contributed by atoms with van der Waals surface area (Å²) in [6, 6.07) is 14.4. The summed E-state index contributed by atoms with van der Waals surface area (Å²) >= 11 is 7.38. The summed E-state index contributed by atoms with van der Waals surface area (Å²) in [6.45, 7) is 1.46. The number of rotatable bonds is 5. The van der Waals surface area contributed by atoms with Gasteiger partial charge in [0.25, 0.3) is 0 Å². The summed E-state index contributed by atoms with van der Waals surface area (Å²) in [7, 11) is 0. The van der Waals surface area contributed by atoms with Crippen LogP contribution in [0.2, 0.25) is 5.02 Å². The van der Waals surface area contributed by atoms with E-state index in [4.69, 9.17) is 11.6 Å². The van der Waals surface area contributed by atoms with Gasteiger partial charge in [0.1, 0.15) is 0 Å². The van der Waals surface area contributed by atoms with Crippen LogP contribution >= 0.6 is 23.4 Å². The molecule has 0 aliphatic carbocycles. The molecule has 6 heteroatoms. The molecule has 0 saturated carbocycles. The van der Waals surface area contributed by atoms with Gasteiger partial charge in [0.15, 0.2) is 0 Å². The first-order valence-electron chi connectivity index (χ1n) is 6.59. The second-order valence-electron chi connectivity index (χ2n) is 4.53. The third-order valence-electron chi connectivity index (χ3n) is 2.67. The Morgan fingerprint density at radius 3 is 2.59 bits per heavy atom. The van der Waals surface area contributed by atoms with Crippen molar-refractivity contribution in [2.75, 3.05) is 16.4 Å². The molecule has 0 unspecified atom stereocenters. The SMILES string of the molecule is CC(=O)Nc1cccc(SCC(=O)Nc2ccccc2Cl)c1. The van der Waals surface area contributed by atoms with Crippen LogP contribution in [0, 0.1) is 0 Å². The number of nitrogens with one attached hydrogen (secondary N) is 2. The van der Waals surface area contributed by atoms with Crippen molar-refractivity contribution in [1.82, 2.24) is 0 Å². The molecule has 2 rings (SSSR count). The van der Waals surface area contributed by atoms with E-state index in [0.29, 0.717) is 16.4 Å². The van der Waals surface area contributed by atoms with E-state index >= 15 is 0 Å². The fourth-order valence-corrected chi connectivity index (χ4v) is 2.70. The zero-order valence-corrected chi connectivity index (χ0v) is 13.5. The number of anilines is 2. The lowest BCUT2D eigenvalue weighted by Crippen LogP contribution is -2.14. The van der Waals surface area contributed by atoms with Crippen LogP contribution in [0.3, 0.4) is 0 Å². The quantitative estimate of drug-likeness (QED) is 0.812. The molecule has 0 radical (unpaired) electrons. The molecule has 0 atom stereocenters. The van der Waals surface area contributed by atoms with Gasteiger partial charge in [-0.2, -0.15) is 0 Å². The average Bonchev–Trinajstić information content (AvgIpc) is 2.47. The highest BCUT2D eigenvalue weighted by molar-refractivity contribution is 8.00. The lowest BCUT2D eigenvalue weighted by Gasteiger charge is -2.08. The standard InChI is InChI=1S/C16H15ClN2O2S/c1-11(20)18-12-5-4-6-13(9-12)22-10-16(21)19-15-8-3-2-7-14(15)17/h2-9H,10H2,1H3,(H,18,20)(H,19,21). The summed E-state index contributed by atoms with van der Waals surface area (Å²) in [5, 5.41) is 5.98. The molecule has 0 aliphatic rings. The van der Waals surface area contributed by atoms with Crippen LogP contribution in [0.5, 0.6) is 0 Å². The molecule has 0 aliphatic heterocycles. The van der Waals surface area contributed by atoms with Crippen molar-refractivity contribution in [3.63, 3.8) is 0 Å². The summed E-state index contributed by atoms with van der Waals surface area (Å²) < 4.78 is 0. The predicted octanol–water partition coefficient (Wildman–Crippen LogP) is 4.03. The fourth-order valence-electron chi connectivity index (χ4n) is 1.76. The van der Waals surface area contributed by atoms with Gasteiger partial charge >= 0.3 is 0 Å². The maximum Gasteiger partial charge on any atom is 0.234 e. The third kappa shape index (κ3) is 5.09. The minimum absolute atomic E-state index is 0.126. The van der Waals surface area contributed by atoms with Crippen LogP contribution in [-0.4, -0.2) is 17.6 Å². The first-order valence-corrected chi connectivity index (χ1v) is 7.96. The molecule has 2 N–H and O–H groups in total. The molecule has 4 nitrogen and oxygen atoms in total. The van der Waals surface area contributed by atoms with Crippen LogP contribution in [0.15, 0.2) is 53.4 Å². The van der Waals surface area contributed by atoms with Crippen LogP contribution < -0.4 is 10.6 Å². The van der Waals surface area contributed by atoms with Gasteiger partial charge in [0, 0.05) is 17.5 Å². The Hall–Kier alpha value is -1.98. The predicted molar refractivity (Wildman–Crippen MR) is 91.6 cm³/mol. The Balaban J connectivity index is 1.91. The van der Waals surface area contributed by atoms with Crippen molar-refractivity contribution in [3.05, 3.63) is 53.6 Å². The van der Waals surface area contributed by atoms with Crippen molar-refractivity contribution in [1.29, 1.82) is 0 Å². The highest BCUT2D eigenvalue weighted by Crippen LogP contribution is 2.23. The van der Waals surface area contributed by atoms with E-state index in [1.165, 1.54) is 18.7 Å². The van der Waals surface area contributed by atoms with Gasteiger partial charge in [-0.1, -0.05) is 29.8 Å². The highest BCUT2D eigenvalue weighted by atomic mass is 35.5. The second-order valence-corrected chi connectivity index (χ2v) is 5.98. The van der Waals surface area contributed by atoms with Gasteiger partial charge in [-0.3, -0.25) is 9.59 Å². The fraction of sp³-hybridized carbons (Fsp3) is 0.125. The maximum atomic E-state index is 11.9. The van der Waals surface area contributed by atoms with Gasteiger partial charge in [-0.15, -0.1) is 11.8 Å². The summed E-state index contributed by atoms with van der Waals surface area (Å²) in [5.74, 6) is -0.00369. The molecule has 0 bridgehead atoms. The van der Waals surface area contributed by atoms with Crippen molar-refractivity contribution >= 4 is 46.6 Å². The van der Waals surface area contributed by atoms with Crippen LogP contribution in [0.1, 0.15) is 6.92 Å². The number of thioether (sulfide) groups is 1. The number of benzene rings is 2. The molecule has 2 aromatic carbocycles. The van der Waals surface area contributed by atoms with Gasteiger partial charge in [0.05, 0.1) is 16.5 Å². The number of carbonyl (C=O) groups excluding carboxylic acids is 2. The zero-order chi connectivity index (χ0) is 15.9. The number of hydrogen-bond acceptors (Lipinski definition) is 3. The van der Waals surface area contributed by atoms with Crippen LogP contribution in [0.25, 0.3) is 0 Å². The lowest BCUT2D eigenvalue weighted by atomic mass is 10.3. The lowest BCUT2D eigenvalue weighted by molar-refractivity contribution is -0.114. The van der Waals surface area contributed by atoms with Crippen molar-refractivity contribution in [2.24, 2.45) is 0 Å². The highest BCUT2D eigenvalue weighted by Gasteiger charge is 2.06. The average molecular weight is 335 g/mol. The number of amides is 2. The second kappa shape index (κ2) is 7.87.